The Morgan fingerprint density at radius 2 is 1.69 bits per heavy atom. The molecule has 0 aromatic heterocycles. The van der Waals surface area contributed by atoms with Gasteiger partial charge in [0.2, 0.25) is 0 Å². The van der Waals surface area contributed by atoms with Crippen molar-refractivity contribution in [1.82, 2.24) is 0 Å². The van der Waals surface area contributed by atoms with Crippen LogP contribution in [0.5, 0.6) is 0 Å². The molecule has 2 rings (SSSR count). The van der Waals surface area contributed by atoms with E-state index >= 15 is 0 Å². The first-order chi connectivity index (χ1) is 6.16. The van der Waals surface area contributed by atoms with Gasteiger partial charge in [0, 0.05) is 17.1 Å². The maximum atomic E-state index is 5.89. The molecule has 1 aliphatic rings. The Labute approximate surface area is 83.3 Å². The van der Waals surface area contributed by atoms with E-state index in [2.05, 4.69) is 24.5 Å². The zero-order valence-electron chi connectivity index (χ0n) is 7.76. The van der Waals surface area contributed by atoms with E-state index in [1.165, 1.54) is 0 Å². The molecular weight excluding hydrogens is 184 g/mol. The summed E-state index contributed by atoms with van der Waals surface area (Å²) < 4.78 is 0. The lowest BCUT2D eigenvalue weighted by atomic mass is 10.1. The molecule has 2 N–H and O–H groups in total. The van der Waals surface area contributed by atoms with Gasteiger partial charge in [0.25, 0.3) is 0 Å². The second-order valence-electron chi connectivity index (χ2n) is 3.56. The van der Waals surface area contributed by atoms with Crippen LogP contribution < -0.4 is 10.6 Å². The summed E-state index contributed by atoms with van der Waals surface area (Å²) in [7, 11) is 0. The highest BCUT2D eigenvalue weighted by atomic mass is 35.5. The van der Waals surface area contributed by atoms with Gasteiger partial charge >= 0.3 is 0 Å². The Hall–Kier alpha value is -0.890. The third-order valence-electron chi connectivity index (χ3n) is 2.50. The number of nitrogens with one attached hydrogen (secondary N) is 2. The molecule has 1 aromatic rings. The second kappa shape index (κ2) is 3.11. The zero-order valence-corrected chi connectivity index (χ0v) is 8.52. The van der Waals surface area contributed by atoms with Gasteiger partial charge in [-0.05, 0) is 32.0 Å². The van der Waals surface area contributed by atoms with Crippen LogP contribution in [0.15, 0.2) is 18.2 Å². The highest BCUT2D eigenvalue weighted by molar-refractivity contribution is 6.31. The third-order valence-corrected chi connectivity index (χ3v) is 2.73. The van der Waals surface area contributed by atoms with E-state index < -0.39 is 0 Å². The van der Waals surface area contributed by atoms with Crippen molar-refractivity contribution in [2.24, 2.45) is 0 Å². The topological polar surface area (TPSA) is 24.1 Å². The minimum absolute atomic E-state index is 0.436. The van der Waals surface area contributed by atoms with Crippen LogP contribution in [0.1, 0.15) is 13.8 Å². The third kappa shape index (κ3) is 1.59. The van der Waals surface area contributed by atoms with E-state index in [9.17, 15) is 0 Å². The number of hydrogen-bond acceptors (Lipinski definition) is 2. The van der Waals surface area contributed by atoms with Crippen molar-refractivity contribution in [3.05, 3.63) is 23.2 Å². The molecule has 0 aliphatic carbocycles. The molecule has 2 unspecified atom stereocenters. The Morgan fingerprint density at radius 1 is 1.08 bits per heavy atom. The van der Waals surface area contributed by atoms with Gasteiger partial charge in [0.05, 0.1) is 11.4 Å². The number of halogens is 1. The molecule has 2 atom stereocenters. The summed E-state index contributed by atoms with van der Waals surface area (Å²) in [6, 6.07) is 6.75. The van der Waals surface area contributed by atoms with Gasteiger partial charge in [-0.1, -0.05) is 11.6 Å². The summed E-state index contributed by atoms with van der Waals surface area (Å²) in [6.45, 7) is 4.32. The molecule has 3 heteroatoms. The molecular formula is C10H13ClN2. The quantitative estimate of drug-likeness (QED) is 0.667. The molecule has 0 fully saturated rings. The van der Waals surface area contributed by atoms with E-state index in [0.29, 0.717) is 12.1 Å². The van der Waals surface area contributed by atoms with Crippen LogP contribution in [0.3, 0.4) is 0 Å². The zero-order chi connectivity index (χ0) is 9.42. The van der Waals surface area contributed by atoms with Gasteiger partial charge in [-0.25, -0.2) is 0 Å². The van der Waals surface area contributed by atoms with Crippen LogP contribution in [-0.2, 0) is 0 Å². The molecule has 1 aromatic carbocycles. The van der Waals surface area contributed by atoms with Crippen LogP contribution in [-0.4, -0.2) is 12.1 Å². The summed E-state index contributed by atoms with van der Waals surface area (Å²) >= 11 is 5.89. The number of hydrogen-bond donors (Lipinski definition) is 2. The second-order valence-corrected chi connectivity index (χ2v) is 3.99. The standard InChI is InChI=1S/C10H13ClN2/c1-6-7(2)13-10-5-8(11)3-4-9(10)12-6/h3-7,12-13H,1-2H3. The Balaban J connectivity index is 2.37. The lowest BCUT2D eigenvalue weighted by molar-refractivity contribution is 0.663. The molecule has 1 aliphatic heterocycles. The fourth-order valence-electron chi connectivity index (χ4n) is 1.50. The summed E-state index contributed by atoms with van der Waals surface area (Å²) in [5.41, 5.74) is 2.23. The molecule has 70 valence electrons. The number of fused-ring (bicyclic) bond motifs is 1. The van der Waals surface area contributed by atoms with Crippen molar-refractivity contribution < 1.29 is 0 Å². The van der Waals surface area contributed by atoms with Gasteiger partial charge in [-0.15, -0.1) is 0 Å². The monoisotopic (exact) mass is 196 g/mol. The van der Waals surface area contributed by atoms with Crippen LogP contribution in [0, 0.1) is 0 Å². The van der Waals surface area contributed by atoms with Crippen molar-refractivity contribution >= 4 is 23.0 Å². The largest absolute Gasteiger partial charge is 0.379 e. The van der Waals surface area contributed by atoms with Gasteiger partial charge < -0.3 is 10.6 Å². The molecule has 0 bridgehead atoms. The van der Waals surface area contributed by atoms with E-state index in [1.54, 1.807) is 0 Å². The van der Waals surface area contributed by atoms with Crippen LogP contribution >= 0.6 is 11.6 Å². The molecule has 1 heterocycles. The van der Waals surface area contributed by atoms with E-state index in [-0.39, 0.29) is 0 Å². The number of rotatable bonds is 0. The molecule has 0 radical (unpaired) electrons. The van der Waals surface area contributed by atoms with Crippen molar-refractivity contribution in [2.75, 3.05) is 10.6 Å². The van der Waals surface area contributed by atoms with E-state index in [1.807, 2.05) is 18.2 Å². The summed E-state index contributed by atoms with van der Waals surface area (Å²) in [4.78, 5) is 0. The first kappa shape index (κ1) is 8.70. The van der Waals surface area contributed by atoms with Crippen molar-refractivity contribution in [3.63, 3.8) is 0 Å². The highest BCUT2D eigenvalue weighted by Crippen LogP contribution is 2.30. The predicted molar refractivity (Wildman–Crippen MR) is 57.6 cm³/mol. The van der Waals surface area contributed by atoms with Gasteiger partial charge in [0.1, 0.15) is 0 Å². The number of anilines is 2. The van der Waals surface area contributed by atoms with E-state index in [4.69, 9.17) is 11.6 Å². The fraction of sp³-hybridized carbons (Fsp3) is 0.400. The van der Waals surface area contributed by atoms with Crippen molar-refractivity contribution in [2.45, 2.75) is 25.9 Å². The smallest absolute Gasteiger partial charge is 0.0593 e. The first-order valence-electron chi connectivity index (χ1n) is 4.49. The highest BCUT2D eigenvalue weighted by Gasteiger charge is 2.19. The molecule has 2 nitrogen and oxygen atoms in total. The Kier molecular flexibility index (Phi) is 2.08. The van der Waals surface area contributed by atoms with Crippen LogP contribution in [0.25, 0.3) is 0 Å². The van der Waals surface area contributed by atoms with Crippen molar-refractivity contribution in [3.8, 4) is 0 Å². The molecule has 0 spiro atoms. The summed E-state index contributed by atoms with van der Waals surface area (Å²) in [5.74, 6) is 0. The molecule has 0 saturated carbocycles. The van der Waals surface area contributed by atoms with Gasteiger partial charge in [-0.3, -0.25) is 0 Å². The first-order valence-corrected chi connectivity index (χ1v) is 4.87. The minimum Gasteiger partial charge on any atom is -0.379 e. The van der Waals surface area contributed by atoms with Gasteiger partial charge in [-0.2, -0.15) is 0 Å². The normalized spacial score (nSPS) is 25.8. The summed E-state index contributed by atoms with van der Waals surface area (Å²) in [5, 5.41) is 7.59. The number of benzene rings is 1. The predicted octanol–water partition coefficient (Wildman–Crippen LogP) is 2.95. The van der Waals surface area contributed by atoms with E-state index in [0.717, 1.165) is 16.4 Å². The summed E-state index contributed by atoms with van der Waals surface area (Å²) in [6.07, 6.45) is 0. The van der Waals surface area contributed by atoms with Gasteiger partial charge in [0.15, 0.2) is 0 Å². The SMILES string of the molecule is CC1Nc2ccc(Cl)cc2NC1C. The maximum absolute atomic E-state index is 5.89. The molecule has 13 heavy (non-hydrogen) atoms. The lowest BCUT2D eigenvalue weighted by Crippen LogP contribution is -2.38. The molecule has 0 amide bonds. The average molecular weight is 197 g/mol. The molecule has 0 saturated heterocycles. The van der Waals surface area contributed by atoms with Crippen LogP contribution in [0.4, 0.5) is 11.4 Å². The average Bonchev–Trinajstić information content (AvgIpc) is 2.08. The van der Waals surface area contributed by atoms with Crippen LogP contribution in [0.2, 0.25) is 5.02 Å². The fourth-order valence-corrected chi connectivity index (χ4v) is 1.67. The Bertz CT molecular complexity index is 325. The lowest BCUT2D eigenvalue weighted by Gasteiger charge is -2.31. The Morgan fingerprint density at radius 3 is 2.38 bits per heavy atom. The minimum atomic E-state index is 0.436. The van der Waals surface area contributed by atoms with Crippen molar-refractivity contribution in [1.29, 1.82) is 0 Å². The maximum Gasteiger partial charge on any atom is 0.0593 e.